The summed E-state index contributed by atoms with van der Waals surface area (Å²) >= 11 is 1.40. The standard InChI is InChI=1S/C16H26N4O9S/c1-30-5-4-9(18-11(21)7-17)15(27)19-8(2-3-12(22)23)14(26)20-10(16(28)29)6-13(24)25/h8-10H,2-7,17H2,1H3,(H,18,21)(H,19,27)(H,20,26)(H,22,23)(H,24,25)(H,28,29). The zero-order valence-electron chi connectivity index (χ0n) is 16.3. The summed E-state index contributed by atoms with van der Waals surface area (Å²) < 4.78 is 0. The highest BCUT2D eigenvalue weighted by atomic mass is 32.2. The molecule has 0 spiro atoms. The van der Waals surface area contributed by atoms with Crippen molar-refractivity contribution in [3.63, 3.8) is 0 Å². The van der Waals surface area contributed by atoms with Gasteiger partial charge < -0.3 is 37.0 Å². The molecule has 0 aromatic carbocycles. The first kappa shape index (κ1) is 27.1. The Labute approximate surface area is 176 Å². The highest BCUT2D eigenvalue weighted by Crippen LogP contribution is 2.05. The second-order valence-corrected chi connectivity index (χ2v) is 7.08. The van der Waals surface area contributed by atoms with Crippen molar-refractivity contribution in [2.45, 2.75) is 43.8 Å². The van der Waals surface area contributed by atoms with Gasteiger partial charge in [0.05, 0.1) is 13.0 Å². The van der Waals surface area contributed by atoms with Gasteiger partial charge in [-0.15, -0.1) is 0 Å². The molecule has 13 nitrogen and oxygen atoms in total. The third-order valence-corrected chi connectivity index (χ3v) is 4.36. The van der Waals surface area contributed by atoms with Crippen molar-refractivity contribution >= 4 is 47.4 Å². The van der Waals surface area contributed by atoms with Gasteiger partial charge in [-0.05, 0) is 24.9 Å². The number of rotatable bonds is 15. The van der Waals surface area contributed by atoms with Crippen LogP contribution < -0.4 is 21.7 Å². The predicted molar refractivity (Wildman–Crippen MR) is 105 cm³/mol. The molecule has 30 heavy (non-hydrogen) atoms. The molecule has 8 N–H and O–H groups in total. The molecule has 0 saturated heterocycles. The molecule has 0 aromatic heterocycles. The molecule has 0 aromatic rings. The number of aliphatic carboxylic acids is 3. The number of nitrogens with one attached hydrogen (secondary N) is 3. The van der Waals surface area contributed by atoms with Gasteiger partial charge >= 0.3 is 17.9 Å². The second kappa shape index (κ2) is 14.2. The Balaban J connectivity index is 5.40. The van der Waals surface area contributed by atoms with Crippen LogP contribution >= 0.6 is 11.8 Å². The van der Waals surface area contributed by atoms with Crippen LogP contribution in [0.3, 0.4) is 0 Å². The molecule has 3 atom stereocenters. The number of carboxylic acid groups (broad SMARTS) is 3. The van der Waals surface area contributed by atoms with Crippen LogP contribution in [0.25, 0.3) is 0 Å². The molecule has 0 heterocycles. The van der Waals surface area contributed by atoms with Crippen LogP contribution in [-0.4, -0.2) is 87.6 Å². The molecule has 0 bridgehead atoms. The first-order valence-electron chi connectivity index (χ1n) is 8.77. The molecule has 0 saturated carbocycles. The quantitative estimate of drug-likeness (QED) is 0.139. The van der Waals surface area contributed by atoms with E-state index in [9.17, 15) is 28.8 Å². The van der Waals surface area contributed by atoms with E-state index >= 15 is 0 Å². The van der Waals surface area contributed by atoms with E-state index < -0.39 is 66.6 Å². The zero-order chi connectivity index (χ0) is 23.3. The van der Waals surface area contributed by atoms with E-state index in [0.29, 0.717) is 5.75 Å². The highest BCUT2D eigenvalue weighted by Gasteiger charge is 2.30. The van der Waals surface area contributed by atoms with Crippen LogP contribution in [0, 0.1) is 0 Å². The zero-order valence-corrected chi connectivity index (χ0v) is 17.1. The summed E-state index contributed by atoms with van der Waals surface area (Å²) in [4.78, 5) is 69.3. The lowest BCUT2D eigenvalue weighted by Gasteiger charge is -2.24. The topological polar surface area (TPSA) is 225 Å². The fraction of sp³-hybridized carbons (Fsp3) is 0.625. The molecule has 0 aliphatic heterocycles. The number of nitrogens with two attached hydrogens (primary N) is 1. The number of thioether (sulfide) groups is 1. The molecule has 3 amide bonds. The molecule has 0 rings (SSSR count). The van der Waals surface area contributed by atoms with Gasteiger partial charge in [0.15, 0.2) is 0 Å². The van der Waals surface area contributed by atoms with Crippen LogP contribution in [-0.2, 0) is 28.8 Å². The summed E-state index contributed by atoms with van der Waals surface area (Å²) in [7, 11) is 0. The van der Waals surface area contributed by atoms with Gasteiger partial charge in [0, 0.05) is 6.42 Å². The smallest absolute Gasteiger partial charge is 0.326 e. The summed E-state index contributed by atoms with van der Waals surface area (Å²) in [5.74, 6) is -6.34. The Kier molecular flexibility index (Phi) is 12.8. The maximum Gasteiger partial charge on any atom is 0.326 e. The highest BCUT2D eigenvalue weighted by molar-refractivity contribution is 7.98. The fourth-order valence-electron chi connectivity index (χ4n) is 2.21. The van der Waals surface area contributed by atoms with Crippen molar-refractivity contribution in [2.24, 2.45) is 5.73 Å². The largest absolute Gasteiger partial charge is 0.481 e. The average Bonchev–Trinajstić information content (AvgIpc) is 2.66. The van der Waals surface area contributed by atoms with Gasteiger partial charge in [0.25, 0.3) is 0 Å². The average molecular weight is 450 g/mol. The number of carboxylic acids is 3. The van der Waals surface area contributed by atoms with E-state index in [1.54, 1.807) is 6.26 Å². The van der Waals surface area contributed by atoms with Gasteiger partial charge in [-0.25, -0.2) is 4.79 Å². The normalized spacial score (nSPS) is 13.4. The molecular weight excluding hydrogens is 424 g/mol. The van der Waals surface area contributed by atoms with Crippen LogP contribution in [0.4, 0.5) is 0 Å². The van der Waals surface area contributed by atoms with E-state index in [1.807, 2.05) is 5.32 Å². The fourth-order valence-corrected chi connectivity index (χ4v) is 2.69. The Hall–Kier alpha value is -2.87. The molecule has 0 radical (unpaired) electrons. The summed E-state index contributed by atoms with van der Waals surface area (Å²) in [6.45, 7) is -0.374. The van der Waals surface area contributed by atoms with E-state index in [0.717, 1.165) is 0 Å². The molecule has 0 aliphatic carbocycles. The maximum atomic E-state index is 12.5. The number of hydrogen-bond acceptors (Lipinski definition) is 8. The number of carbonyl (C=O) groups is 6. The minimum absolute atomic E-state index is 0.197. The van der Waals surface area contributed by atoms with Crippen molar-refractivity contribution in [1.29, 1.82) is 0 Å². The van der Waals surface area contributed by atoms with Gasteiger partial charge in [-0.3, -0.25) is 24.0 Å². The molecule has 0 aliphatic rings. The number of carbonyl (C=O) groups excluding carboxylic acids is 3. The molecule has 170 valence electrons. The SMILES string of the molecule is CSCCC(NC(=O)CN)C(=O)NC(CCC(=O)O)C(=O)NC(CC(=O)O)C(=O)O. The number of hydrogen-bond donors (Lipinski definition) is 7. The van der Waals surface area contributed by atoms with E-state index in [-0.39, 0.29) is 19.4 Å². The van der Waals surface area contributed by atoms with Crippen molar-refractivity contribution in [3.05, 3.63) is 0 Å². The first-order chi connectivity index (χ1) is 14.0. The molecule has 0 fully saturated rings. The Morgan fingerprint density at radius 3 is 1.80 bits per heavy atom. The Bertz CT molecular complexity index is 659. The molecule has 14 heteroatoms. The Morgan fingerprint density at radius 2 is 1.37 bits per heavy atom. The lowest BCUT2D eigenvalue weighted by molar-refractivity contribution is -0.147. The van der Waals surface area contributed by atoms with Gasteiger partial charge in [0.1, 0.15) is 18.1 Å². The van der Waals surface area contributed by atoms with Crippen LogP contribution in [0.15, 0.2) is 0 Å². The van der Waals surface area contributed by atoms with Crippen molar-refractivity contribution in [3.8, 4) is 0 Å². The maximum absolute atomic E-state index is 12.5. The number of amides is 3. The summed E-state index contributed by atoms with van der Waals surface area (Å²) in [6, 6.07) is -4.29. The minimum Gasteiger partial charge on any atom is -0.481 e. The van der Waals surface area contributed by atoms with Gasteiger partial charge in [0.2, 0.25) is 17.7 Å². The first-order valence-corrected chi connectivity index (χ1v) is 10.2. The second-order valence-electron chi connectivity index (χ2n) is 6.10. The summed E-state index contributed by atoms with van der Waals surface area (Å²) in [5, 5.41) is 33.3. The third kappa shape index (κ3) is 11.2. The predicted octanol–water partition coefficient (Wildman–Crippen LogP) is -2.42. The van der Waals surface area contributed by atoms with Crippen LogP contribution in [0.5, 0.6) is 0 Å². The molecule has 3 unspecified atom stereocenters. The van der Waals surface area contributed by atoms with Crippen LogP contribution in [0.1, 0.15) is 25.7 Å². The van der Waals surface area contributed by atoms with Gasteiger partial charge in [-0.1, -0.05) is 0 Å². The van der Waals surface area contributed by atoms with Crippen LogP contribution in [0.2, 0.25) is 0 Å². The molecular formula is C16H26N4O9S. The Morgan fingerprint density at radius 1 is 0.833 bits per heavy atom. The van der Waals surface area contributed by atoms with E-state index in [1.165, 1.54) is 11.8 Å². The summed E-state index contributed by atoms with van der Waals surface area (Å²) in [5.41, 5.74) is 5.22. The monoisotopic (exact) mass is 450 g/mol. The summed E-state index contributed by atoms with van der Waals surface area (Å²) in [6.07, 6.45) is 0.149. The van der Waals surface area contributed by atoms with E-state index in [2.05, 4.69) is 10.6 Å². The van der Waals surface area contributed by atoms with Crippen molar-refractivity contribution < 1.29 is 44.1 Å². The van der Waals surface area contributed by atoms with Gasteiger partial charge in [-0.2, -0.15) is 11.8 Å². The minimum atomic E-state index is -1.77. The van der Waals surface area contributed by atoms with Crippen molar-refractivity contribution in [2.75, 3.05) is 18.6 Å². The van der Waals surface area contributed by atoms with E-state index in [4.69, 9.17) is 21.1 Å². The lowest BCUT2D eigenvalue weighted by Crippen LogP contribution is -2.56. The third-order valence-electron chi connectivity index (χ3n) is 3.72. The van der Waals surface area contributed by atoms with Crippen molar-refractivity contribution in [1.82, 2.24) is 16.0 Å². The lowest BCUT2D eigenvalue weighted by atomic mass is 10.1.